The predicted octanol–water partition coefficient (Wildman–Crippen LogP) is 3.62. The lowest BCUT2D eigenvalue weighted by atomic mass is 10.3. The van der Waals surface area contributed by atoms with Gasteiger partial charge >= 0.3 is 0 Å². The van der Waals surface area contributed by atoms with Gasteiger partial charge in [-0.15, -0.1) is 11.8 Å². The summed E-state index contributed by atoms with van der Waals surface area (Å²) >= 11 is 5.06. The topological polar surface area (TPSA) is 52.0 Å². The molecule has 16 heavy (non-hydrogen) atoms. The lowest BCUT2D eigenvalue weighted by molar-refractivity contribution is 0.391. The standard InChI is InChI=1S/C11H11BrN2OS/c1-7-4-9(15-14-7)6-16-11-5-8(12)2-3-10(11)13/h2-5H,6,13H2,1H3. The maximum atomic E-state index is 5.87. The molecule has 2 aromatic rings. The number of halogens is 1. The molecule has 0 atom stereocenters. The number of hydrogen-bond acceptors (Lipinski definition) is 4. The van der Waals surface area contributed by atoms with Crippen LogP contribution in [0.1, 0.15) is 11.5 Å². The fraction of sp³-hybridized carbons (Fsp3) is 0.182. The van der Waals surface area contributed by atoms with Gasteiger partial charge in [0.05, 0.1) is 11.4 Å². The van der Waals surface area contributed by atoms with E-state index in [1.165, 1.54) is 0 Å². The monoisotopic (exact) mass is 298 g/mol. The second kappa shape index (κ2) is 4.93. The number of aromatic nitrogens is 1. The number of rotatable bonds is 3. The van der Waals surface area contributed by atoms with Crippen molar-refractivity contribution in [2.24, 2.45) is 0 Å². The highest BCUT2D eigenvalue weighted by Gasteiger charge is 2.05. The van der Waals surface area contributed by atoms with Gasteiger partial charge in [0.15, 0.2) is 0 Å². The maximum Gasteiger partial charge on any atom is 0.147 e. The minimum absolute atomic E-state index is 0.738. The lowest BCUT2D eigenvalue weighted by Gasteiger charge is -2.04. The minimum atomic E-state index is 0.738. The van der Waals surface area contributed by atoms with E-state index in [2.05, 4.69) is 21.1 Å². The van der Waals surface area contributed by atoms with E-state index in [-0.39, 0.29) is 0 Å². The minimum Gasteiger partial charge on any atom is -0.398 e. The van der Waals surface area contributed by atoms with Crippen molar-refractivity contribution in [3.05, 3.63) is 40.2 Å². The lowest BCUT2D eigenvalue weighted by Crippen LogP contribution is -1.88. The summed E-state index contributed by atoms with van der Waals surface area (Å²) < 4.78 is 6.16. The van der Waals surface area contributed by atoms with E-state index < -0.39 is 0 Å². The highest BCUT2D eigenvalue weighted by Crippen LogP contribution is 2.30. The SMILES string of the molecule is Cc1cc(CSc2cc(Br)ccc2N)on1. The molecule has 0 amide bonds. The Morgan fingerprint density at radius 1 is 1.44 bits per heavy atom. The Bertz CT molecular complexity index is 498. The molecule has 84 valence electrons. The smallest absolute Gasteiger partial charge is 0.147 e. The molecule has 1 aromatic carbocycles. The first-order chi connectivity index (χ1) is 7.65. The van der Waals surface area contributed by atoms with Crippen molar-refractivity contribution in [1.82, 2.24) is 5.16 Å². The van der Waals surface area contributed by atoms with Gasteiger partial charge in [0.25, 0.3) is 0 Å². The van der Waals surface area contributed by atoms with Gasteiger partial charge in [-0.05, 0) is 25.1 Å². The van der Waals surface area contributed by atoms with Gasteiger partial charge in [0.2, 0.25) is 0 Å². The third kappa shape index (κ3) is 2.80. The molecule has 0 fully saturated rings. The molecule has 0 aliphatic heterocycles. The van der Waals surface area contributed by atoms with E-state index in [9.17, 15) is 0 Å². The Balaban J connectivity index is 2.07. The van der Waals surface area contributed by atoms with Crippen LogP contribution in [0.15, 0.2) is 38.2 Å². The van der Waals surface area contributed by atoms with Crippen molar-refractivity contribution in [3.8, 4) is 0 Å². The highest BCUT2D eigenvalue weighted by molar-refractivity contribution is 9.10. The molecule has 2 N–H and O–H groups in total. The molecule has 0 spiro atoms. The summed E-state index contributed by atoms with van der Waals surface area (Å²) in [7, 11) is 0. The third-order valence-electron chi connectivity index (χ3n) is 2.02. The first kappa shape index (κ1) is 11.5. The summed E-state index contributed by atoms with van der Waals surface area (Å²) in [5.41, 5.74) is 7.55. The fourth-order valence-corrected chi connectivity index (χ4v) is 2.66. The van der Waals surface area contributed by atoms with E-state index in [0.29, 0.717) is 0 Å². The molecule has 1 heterocycles. The number of aryl methyl sites for hydroxylation is 1. The molecule has 0 radical (unpaired) electrons. The fourth-order valence-electron chi connectivity index (χ4n) is 1.27. The molecule has 0 saturated heterocycles. The van der Waals surface area contributed by atoms with Crippen molar-refractivity contribution in [2.75, 3.05) is 5.73 Å². The van der Waals surface area contributed by atoms with E-state index >= 15 is 0 Å². The highest BCUT2D eigenvalue weighted by atomic mass is 79.9. The van der Waals surface area contributed by atoms with Crippen LogP contribution in [0.4, 0.5) is 5.69 Å². The second-order valence-corrected chi connectivity index (χ2v) is 5.34. The molecule has 0 aliphatic carbocycles. The number of thioether (sulfide) groups is 1. The average molecular weight is 299 g/mol. The van der Waals surface area contributed by atoms with Crippen LogP contribution in [0.3, 0.4) is 0 Å². The quantitative estimate of drug-likeness (QED) is 0.694. The molecule has 2 rings (SSSR count). The van der Waals surface area contributed by atoms with Crippen LogP contribution in [0, 0.1) is 6.92 Å². The number of nitrogens with zero attached hydrogens (tertiary/aromatic N) is 1. The number of anilines is 1. The van der Waals surface area contributed by atoms with Gasteiger partial charge in [0.1, 0.15) is 5.76 Å². The average Bonchev–Trinajstić information content (AvgIpc) is 2.66. The van der Waals surface area contributed by atoms with Crippen molar-refractivity contribution < 1.29 is 4.52 Å². The Labute approximate surface area is 107 Å². The summed E-state index contributed by atoms with van der Waals surface area (Å²) in [4.78, 5) is 1.04. The van der Waals surface area contributed by atoms with E-state index in [1.807, 2.05) is 31.2 Å². The number of nitrogens with two attached hydrogens (primary N) is 1. The summed E-state index contributed by atoms with van der Waals surface area (Å²) in [6, 6.07) is 7.75. The van der Waals surface area contributed by atoms with Crippen molar-refractivity contribution in [3.63, 3.8) is 0 Å². The second-order valence-electron chi connectivity index (χ2n) is 3.41. The number of nitrogen functional groups attached to an aromatic ring is 1. The van der Waals surface area contributed by atoms with Crippen molar-refractivity contribution >= 4 is 33.4 Å². The number of hydrogen-bond donors (Lipinski definition) is 1. The molecule has 5 heteroatoms. The zero-order valence-corrected chi connectivity index (χ0v) is 11.1. The zero-order valence-electron chi connectivity index (χ0n) is 8.74. The zero-order chi connectivity index (χ0) is 11.5. The third-order valence-corrected chi connectivity index (χ3v) is 3.61. The summed E-state index contributed by atoms with van der Waals surface area (Å²) in [5, 5.41) is 3.84. The van der Waals surface area contributed by atoms with Crippen LogP contribution < -0.4 is 5.73 Å². The molecule has 3 nitrogen and oxygen atoms in total. The Morgan fingerprint density at radius 3 is 2.94 bits per heavy atom. The van der Waals surface area contributed by atoms with Gasteiger partial charge < -0.3 is 10.3 Å². The first-order valence-corrected chi connectivity index (χ1v) is 6.53. The van der Waals surface area contributed by atoms with Crippen molar-refractivity contribution in [1.29, 1.82) is 0 Å². The van der Waals surface area contributed by atoms with E-state index in [4.69, 9.17) is 10.3 Å². The Morgan fingerprint density at radius 2 is 2.25 bits per heavy atom. The largest absolute Gasteiger partial charge is 0.398 e. The summed E-state index contributed by atoms with van der Waals surface area (Å²) in [6.45, 7) is 1.91. The van der Waals surface area contributed by atoms with Crippen LogP contribution in [-0.4, -0.2) is 5.16 Å². The van der Waals surface area contributed by atoms with Crippen LogP contribution in [-0.2, 0) is 5.75 Å². The molecule has 0 unspecified atom stereocenters. The Kier molecular flexibility index (Phi) is 3.56. The normalized spacial score (nSPS) is 10.6. The molecule has 0 aliphatic rings. The van der Waals surface area contributed by atoms with Gasteiger partial charge in [0, 0.05) is 21.1 Å². The van der Waals surface area contributed by atoms with Gasteiger partial charge in [-0.3, -0.25) is 0 Å². The van der Waals surface area contributed by atoms with Crippen LogP contribution >= 0.6 is 27.7 Å². The first-order valence-electron chi connectivity index (χ1n) is 4.75. The predicted molar refractivity (Wildman–Crippen MR) is 69.4 cm³/mol. The summed E-state index contributed by atoms with van der Waals surface area (Å²) in [6.07, 6.45) is 0. The van der Waals surface area contributed by atoms with Gasteiger partial charge in [-0.1, -0.05) is 21.1 Å². The van der Waals surface area contributed by atoms with E-state index in [0.717, 1.165) is 32.3 Å². The maximum absolute atomic E-state index is 5.87. The molecular formula is C11H11BrN2OS. The molecule has 1 aromatic heterocycles. The molecule has 0 bridgehead atoms. The molecular weight excluding hydrogens is 288 g/mol. The molecule has 0 saturated carbocycles. The number of benzene rings is 1. The van der Waals surface area contributed by atoms with Crippen LogP contribution in [0.2, 0.25) is 0 Å². The summed E-state index contributed by atoms with van der Waals surface area (Å²) in [5.74, 6) is 1.60. The van der Waals surface area contributed by atoms with Crippen LogP contribution in [0.25, 0.3) is 0 Å². The van der Waals surface area contributed by atoms with Gasteiger partial charge in [-0.2, -0.15) is 0 Å². The Hall–Kier alpha value is -0.940. The van der Waals surface area contributed by atoms with Crippen molar-refractivity contribution in [2.45, 2.75) is 17.6 Å². The van der Waals surface area contributed by atoms with E-state index in [1.54, 1.807) is 11.8 Å². The van der Waals surface area contributed by atoms with Gasteiger partial charge in [-0.25, -0.2) is 0 Å². The van der Waals surface area contributed by atoms with Crippen LogP contribution in [0.5, 0.6) is 0 Å².